The van der Waals surface area contributed by atoms with E-state index in [-0.39, 0.29) is 5.91 Å². The first-order chi connectivity index (χ1) is 11.2. The number of carbonyl (C=O) groups is 1. The number of pyridine rings is 1. The molecule has 0 fully saturated rings. The number of hydrogen-bond acceptors (Lipinski definition) is 4. The van der Waals surface area contributed by atoms with Gasteiger partial charge in [-0.05, 0) is 30.2 Å². The Bertz CT molecular complexity index is 658. The van der Waals surface area contributed by atoms with Crippen molar-refractivity contribution >= 4 is 11.6 Å². The van der Waals surface area contributed by atoms with Crippen molar-refractivity contribution in [2.24, 2.45) is 0 Å². The lowest BCUT2D eigenvalue weighted by atomic mass is 10.0. The number of nitrogen functional groups attached to an aromatic ring is 1. The Labute approximate surface area is 137 Å². The third kappa shape index (κ3) is 4.29. The van der Waals surface area contributed by atoms with Crippen LogP contribution in [0, 0.1) is 0 Å². The fourth-order valence-corrected chi connectivity index (χ4v) is 2.44. The Balaban J connectivity index is 2.27. The molecule has 0 saturated heterocycles. The third-order valence-electron chi connectivity index (χ3n) is 3.62. The van der Waals surface area contributed by atoms with E-state index in [1.807, 2.05) is 29.2 Å². The molecule has 0 bridgehead atoms. The largest absolute Gasteiger partial charge is 0.398 e. The van der Waals surface area contributed by atoms with Crippen LogP contribution in [0.2, 0.25) is 0 Å². The zero-order valence-corrected chi connectivity index (χ0v) is 13.7. The monoisotopic (exact) mass is 313 g/mol. The minimum Gasteiger partial charge on any atom is -0.398 e. The molecule has 1 aromatic heterocycles. The predicted molar refractivity (Wildman–Crippen MR) is 92.2 cm³/mol. The fourth-order valence-electron chi connectivity index (χ4n) is 2.44. The summed E-state index contributed by atoms with van der Waals surface area (Å²) < 4.78 is 5.09. The molecule has 0 unspecified atom stereocenters. The molecule has 0 radical (unpaired) electrons. The van der Waals surface area contributed by atoms with Crippen molar-refractivity contribution in [2.75, 3.05) is 32.5 Å². The number of rotatable bonds is 7. The smallest absolute Gasteiger partial charge is 0.253 e. The molecule has 122 valence electrons. The van der Waals surface area contributed by atoms with E-state index in [1.165, 1.54) is 0 Å². The van der Waals surface area contributed by atoms with Crippen molar-refractivity contribution in [3.8, 4) is 11.1 Å². The molecule has 0 spiro atoms. The molecule has 5 nitrogen and oxygen atoms in total. The van der Waals surface area contributed by atoms with Gasteiger partial charge in [0.15, 0.2) is 0 Å². The summed E-state index contributed by atoms with van der Waals surface area (Å²) in [6.45, 7) is 3.88. The minimum atomic E-state index is 0.00760. The molecule has 5 heteroatoms. The number of nitrogens with two attached hydrogens (primary N) is 1. The van der Waals surface area contributed by atoms with Crippen LogP contribution in [0.25, 0.3) is 11.1 Å². The summed E-state index contributed by atoms with van der Waals surface area (Å²) in [5.74, 6) is 0.00760. The zero-order valence-electron chi connectivity index (χ0n) is 13.7. The average Bonchev–Trinajstić information content (AvgIpc) is 2.58. The van der Waals surface area contributed by atoms with Crippen molar-refractivity contribution in [1.29, 1.82) is 0 Å². The number of ether oxygens (including phenoxy) is 1. The predicted octanol–water partition coefficient (Wildman–Crippen LogP) is 2.83. The van der Waals surface area contributed by atoms with E-state index in [9.17, 15) is 4.79 Å². The van der Waals surface area contributed by atoms with Crippen molar-refractivity contribution in [1.82, 2.24) is 9.88 Å². The Kier molecular flexibility index (Phi) is 6.11. The number of carbonyl (C=O) groups excluding carboxylic acids is 1. The molecule has 23 heavy (non-hydrogen) atoms. The molecule has 2 aromatic rings. The number of aromatic nitrogens is 1. The highest BCUT2D eigenvalue weighted by atomic mass is 16.5. The normalized spacial score (nSPS) is 10.5. The van der Waals surface area contributed by atoms with Gasteiger partial charge in [0.05, 0.1) is 6.61 Å². The molecule has 2 rings (SSSR count). The summed E-state index contributed by atoms with van der Waals surface area (Å²) in [5, 5.41) is 0. The van der Waals surface area contributed by atoms with Gasteiger partial charge in [-0.15, -0.1) is 0 Å². The van der Waals surface area contributed by atoms with E-state index < -0.39 is 0 Å². The molecular weight excluding hydrogens is 290 g/mol. The molecule has 0 atom stereocenters. The van der Waals surface area contributed by atoms with E-state index >= 15 is 0 Å². The molecule has 1 heterocycles. The molecule has 2 N–H and O–H groups in total. The van der Waals surface area contributed by atoms with Crippen LogP contribution in [-0.4, -0.2) is 42.6 Å². The van der Waals surface area contributed by atoms with Gasteiger partial charge in [-0.2, -0.15) is 0 Å². The first-order valence-corrected chi connectivity index (χ1v) is 7.75. The second-order valence-electron chi connectivity index (χ2n) is 5.33. The van der Waals surface area contributed by atoms with Crippen molar-refractivity contribution in [3.05, 3.63) is 48.3 Å². The number of benzene rings is 1. The summed E-state index contributed by atoms with van der Waals surface area (Å²) in [6.07, 6.45) is 4.28. The molecule has 0 aliphatic carbocycles. The molecule has 1 amide bonds. The SMILES string of the molecule is CCCN(CCOC)C(=O)c1cccc(-c2cnccc2N)c1. The topological polar surface area (TPSA) is 68.5 Å². The number of amides is 1. The average molecular weight is 313 g/mol. The maximum atomic E-state index is 12.7. The quantitative estimate of drug-likeness (QED) is 0.853. The lowest BCUT2D eigenvalue weighted by Crippen LogP contribution is -2.34. The summed E-state index contributed by atoms with van der Waals surface area (Å²) in [6, 6.07) is 9.25. The lowest BCUT2D eigenvalue weighted by Gasteiger charge is -2.22. The van der Waals surface area contributed by atoms with Gasteiger partial charge in [0.25, 0.3) is 5.91 Å². The third-order valence-corrected chi connectivity index (χ3v) is 3.62. The molecule has 0 saturated carbocycles. The van der Waals surface area contributed by atoms with E-state index in [0.29, 0.717) is 30.9 Å². The van der Waals surface area contributed by atoms with Gasteiger partial charge in [-0.1, -0.05) is 19.1 Å². The highest BCUT2D eigenvalue weighted by molar-refractivity contribution is 5.96. The summed E-state index contributed by atoms with van der Waals surface area (Å²) in [7, 11) is 1.64. The van der Waals surface area contributed by atoms with Crippen molar-refractivity contribution in [2.45, 2.75) is 13.3 Å². The number of hydrogen-bond donors (Lipinski definition) is 1. The Morgan fingerprint density at radius 2 is 2.13 bits per heavy atom. The van der Waals surface area contributed by atoms with Crippen LogP contribution < -0.4 is 5.73 Å². The molecular formula is C18H23N3O2. The van der Waals surface area contributed by atoms with Crippen LogP contribution in [0.5, 0.6) is 0 Å². The Morgan fingerprint density at radius 3 is 2.83 bits per heavy atom. The van der Waals surface area contributed by atoms with Crippen molar-refractivity contribution < 1.29 is 9.53 Å². The van der Waals surface area contributed by atoms with Crippen molar-refractivity contribution in [3.63, 3.8) is 0 Å². The van der Waals surface area contributed by atoms with Crippen LogP contribution in [0.15, 0.2) is 42.7 Å². The number of methoxy groups -OCH3 is 1. The van der Waals surface area contributed by atoms with Gasteiger partial charge < -0.3 is 15.4 Å². The number of nitrogens with zero attached hydrogens (tertiary/aromatic N) is 2. The van der Waals surface area contributed by atoms with Gasteiger partial charge in [0, 0.05) is 49.4 Å². The first kappa shape index (κ1) is 17.0. The maximum Gasteiger partial charge on any atom is 0.253 e. The van der Waals surface area contributed by atoms with Crippen LogP contribution in [0.4, 0.5) is 5.69 Å². The van der Waals surface area contributed by atoms with Gasteiger partial charge in [0.2, 0.25) is 0 Å². The van der Waals surface area contributed by atoms with Crippen LogP contribution in [-0.2, 0) is 4.74 Å². The summed E-state index contributed by atoms with van der Waals surface area (Å²) in [4.78, 5) is 18.7. The zero-order chi connectivity index (χ0) is 16.7. The second kappa shape index (κ2) is 8.29. The van der Waals surface area contributed by atoms with Crippen LogP contribution in [0.3, 0.4) is 0 Å². The highest BCUT2D eigenvalue weighted by Crippen LogP contribution is 2.25. The lowest BCUT2D eigenvalue weighted by molar-refractivity contribution is 0.0695. The highest BCUT2D eigenvalue weighted by Gasteiger charge is 2.15. The number of anilines is 1. The fraction of sp³-hybridized carbons (Fsp3) is 0.333. The molecule has 0 aliphatic heterocycles. The molecule has 0 aliphatic rings. The van der Waals surface area contributed by atoms with Crippen LogP contribution >= 0.6 is 0 Å². The maximum absolute atomic E-state index is 12.7. The van der Waals surface area contributed by atoms with Gasteiger partial charge in [-0.25, -0.2) is 0 Å². The van der Waals surface area contributed by atoms with Crippen LogP contribution in [0.1, 0.15) is 23.7 Å². The first-order valence-electron chi connectivity index (χ1n) is 7.75. The Hall–Kier alpha value is -2.40. The summed E-state index contributed by atoms with van der Waals surface area (Å²) >= 11 is 0. The van der Waals surface area contributed by atoms with E-state index in [0.717, 1.165) is 17.5 Å². The van der Waals surface area contributed by atoms with E-state index in [4.69, 9.17) is 10.5 Å². The Morgan fingerprint density at radius 1 is 1.30 bits per heavy atom. The van der Waals surface area contributed by atoms with E-state index in [1.54, 1.807) is 25.6 Å². The van der Waals surface area contributed by atoms with Gasteiger partial charge in [0.1, 0.15) is 0 Å². The summed E-state index contributed by atoms with van der Waals surface area (Å²) in [5.41, 5.74) is 9.02. The van der Waals surface area contributed by atoms with Gasteiger partial charge in [-0.3, -0.25) is 9.78 Å². The minimum absolute atomic E-state index is 0.00760. The standard InChI is InChI=1S/C18H23N3O2/c1-3-9-21(10-11-23-2)18(22)15-6-4-5-14(12-15)16-13-20-8-7-17(16)19/h4-8,12-13H,3,9-11H2,1-2H3,(H2,19,20). The molecule has 1 aromatic carbocycles. The van der Waals surface area contributed by atoms with Gasteiger partial charge >= 0.3 is 0 Å². The van der Waals surface area contributed by atoms with E-state index in [2.05, 4.69) is 11.9 Å². The second-order valence-corrected chi connectivity index (χ2v) is 5.33.